The van der Waals surface area contributed by atoms with Crippen molar-refractivity contribution in [2.24, 2.45) is 5.92 Å². The molecule has 1 fully saturated rings. The van der Waals surface area contributed by atoms with Crippen molar-refractivity contribution < 1.29 is 0 Å². The summed E-state index contributed by atoms with van der Waals surface area (Å²) in [6, 6.07) is 0. The monoisotopic (exact) mass is 188 g/mol. The molecule has 0 bridgehead atoms. The number of allylic oxidation sites excluding steroid dienone is 5. The van der Waals surface area contributed by atoms with Gasteiger partial charge in [-0.2, -0.15) is 0 Å². The minimum atomic E-state index is 0.915. The lowest BCUT2D eigenvalue weighted by Crippen LogP contribution is -2.01. The number of hydrogen-bond acceptors (Lipinski definition) is 0. The van der Waals surface area contributed by atoms with E-state index >= 15 is 0 Å². The Balaban J connectivity index is 1.88. The molecule has 0 amide bonds. The van der Waals surface area contributed by atoms with Crippen molar-refractivity contribution in [3.8, 4) is 0 Å². The maximum absolute atomic E-state index is 3.76. The molecule has 0 saturated heterocycles. The Morgan fingerprint density at radius 2 is 2.43 bits per heavy atom. The Bertz CT molecular complexity index is 268. The van der Waals surface area contributed by atoms with Gasteiger partial charge < -0.3 is 0 Å². The highest BCUT2D eigenvalue weighted by molar-refractivity contribution is 5.31. The first-order chi connectivity index (χ1) is 6.90. The zero-order valence-corrected chi connectivity index (χ0v) is 8.97. The highest BCUT2D eigenvalue weighted by atomic mass is 14.3. The first-order valence-corrected chi connectivity index (χ1v) is 5.90. The van der Waals surface area contributed by atoms with E-state index in [0.717, 1.165) is 12.3 Å². The molecule has 1 saturated carbocycles. The Hall–Kier alpha value is -0.780. The topological polar surface area (TPSA) is 0 Å². The normalized spacial score (nSPS) is 25.3. The quantitative estimate of drug-likeness (QED) is 0.453. The summed E-state index contributed by atoms with van der Waals surface area (Å²) in [6.07, 6.45) is 16.2. The van der Waals surface area contributed by atoms with Crippen LogP contribution in [-0.2, 0) is 0 Å². The molecule has 0 heterocycles. The molecule has 0 N–H and O–H groups in total. The molecule has 1 unspecified atom stereocenters. The van der Waals surface area contributed by atoms with Gasteiger partial charge in [-0.05, 0) is 50.9 Å². The van der Waals surface area contributed by atoms with Crippen molar-refractivity contribution in [1.29, 1.82) is 0 Å². The van der Waals surface area contributed by atoms with Crippen LogP contribution in [0.5, 0.6) is 0 Å². The van der Waals surface area contributed by atoms with Crippen LogP contribution in [-0.4, -0.2) is 0 Å². The SMILES string of the molecule is C=CCCCC1=CCC2CCCC2=C1. The smallest absolute Gasteiger partial charge is 0.0165 e. The van der Waals surface area contributed by atoms with E-state index < -0.39 is 0 Å². The first kappa shape index (κ1) is 9.76. The summed E-state index contributed by atoms with van der Waals surface area (Å²) in [5, 5.41) is 0. The molecule has 2 rings (SSSR count). The van der Waals surface area contributed by atoms with Crippen LogP contribution in [0, 0.1) is 5.92 Å². The van der Waals surface area contributed by atoms with Gasteiger partial charge in [0.1, 0.15) is 0 Å². The van der Waals surface area contributed by atoms with Crippen LogP contribution in [0.1, 0.15) is 44.9 Å². The van der Waals surface area contributed by atoms with Crippen LogP contribution in [0.2, 0.25) is 0 Å². The summed E-state index contributed by atoms with van der Waals surface area (Å²) < 4.78 is 0. The van der Waals surface area contributed by atoms with Crippen LogP contribution < -0.4 is 0 Å². The van der Waals surface area contributed by atoms with Gasteiger partial charge in [0.15, 0.2) is 0 Å². The third kappa shape index (κ3) is 2.17. The lowest BCUT2D eigenvalue weighted by molar-refractivity contribution is 0.625. The van der Waals surface area contributed by atoms with Crippen LogP contribution in [0.3, 0.4) is 0 Å². The highest BCUT2D eigenvalue weighted by Gasteiger charge is 2.22. The Morgan fingerprint density at radius 3 is 3.29 bits per heavy atom. The zero-order valence-electron chi connectivity index (χ0n) is 8.97. The lowest BCUT2D eigenvalue weighted by atomic mass is 9.89. The maximum Gasteiger partial charge on any atom is -0.0165 e. The van der Waals surface area contributed by atoms with E-state index in [1.807, 2.05) is 6.08 Å². The van der Waals surface area contributed by atoms with Crippen LogP contribution in [0.25, 0.3) is 0 Å². The van der Waals surface area contributed by atoms with Gasteiger partial charge in [-0.3, -0.25) is 0 Å². The Labute approximate surface area is 87.4 Å². The summed E-state index contributed by atoms with van der Waals surface area (Å²) >= 11 is 0. The van der Waals surface area contributed by atoms with E-state index in [1.165, 1.54) is 38.5 Å². The van der Waals surface area contributed by atoms with Gasteiger partial charge in [-0.15, -0.1) is 6.58 Å². The molecule has 2 aliphatic carbocycles. The number of hydrogen-bond donors (Lipinski definition) is 0. The van der Waals surface area contributed by atoms with Gasteiger partial charge in [-0.1, -0.05) is 29.4 Å². The molecular formula is C14H20. The zero-order chi connectivity index (χ0) is 9.80. The minimum Gasteiger partial charge on any atom is -0.103 e. The third-order valence-corrected chi connectivity index (χ3v) is 3.45. The lowest BCUT2D eigenvalue weighted by Gasteiger charge is -2.16. The number of unbranched alkanes of at least 4 members (excludes halogenated alkanes) is 1. The second-order valence-corrected chi connectivity index (χ2v) is 4.50. The van der Waals surface area contributed by atoms with E-state index in [9.17, 15) is 0 Å². The molecule has 0 aliphatic heterocycles. The molecule has 0 aromatic carbocycles. The fourth-order valence-electron chi connectivity index (χ4n) is 2.62. The van der Waals surface area contributed by atoms with Crippen molar-refractivity contribution in [3.63, 3.8) is 0 Å². The van der Waals surface area contributed by atoms with Gasteiger partial charge >= 0.3 is 0 Å². The second kappa shape index (κ2) is 4.63. The summed E-state index contributed by atoms with van der Waals surface area (Å²) in [7, 11) is 0. The molecule has 2 aliphatic rings. The summed E-state index contributed by atoms with van der Waals surface area (Å²) in [5.41, 5.74) is 3.32. The van der Waals surface area contributed by atoms with Crippen molar-refractivity contribution in [2.45, 2.75) is 44.9 Å². The van der Waals surface area contributed by atoms with E-state index in [2.05, 4.69) is 18.7 Å². The molecule has 0 spiro atoms. The Kier molecular flexibility index (Phi) is 3.23. The summed E-state index contributed by atoms with van der Waals surface area (Å²) in [4.78, 5) is 0. The predicted molar refractivity (Wildman–Crippen MR) is 62.2 cm³/mol. The van der Waals surface area contributed by atoms with Crippen molar-refractivity contribution in [2.75, 3.05) is 0 Å². The molecule has 0 aromatic heterocycles. The molecule has 0 aromatic rings. The molecule has 14 heavy (non-hydrogen) atoms. The Morgan fingerprint density at radius 1 is 1.50 bits per heavy atom. The van der Waals surface area contributed by atoms with E-state index in [4.69, 9.17) is 0 Å². The van der Waals surface area contributed by atoms with Gasteiger partial charge in [0.2, 0.25) is 0 Å². The van der Waals surface area contributed by atoms with Gasteiger partial charge in [0.05, 0.1) is 0 Å². The largest absolute Gasteiger partial charge is 0.103 e. The summed E-state index contributed by atoms with van der Waals surface area (Å²) in [5.74, 6) is 0.915. The number of rotatable bonds is 4. The predicted octanol–water partition coefficient (Wildman–Crippen LogP) is 4.40. The third-order valence-electron chi connectivity index (χ3n) is 3.45. The minimum absolute atomic E-state index is 0.915. The van der Waals surface area contributed by atoms with Gasteiger partial charge in [-0.25, -0.2) is 0 Å². The standard InChI is InChI=1S/C14H20/c1-2-3-4-6-12-9-10-13-7-5-8-14(13)11-12/h2,9,11,13H,1,3-8,10H2. The molecule has 0 nitrogen and oxygen atoms in total. The summed E-state index contributed by atoms with van der Waals surface area (Å²) in [6.45, 7) is 3.76. The second-order valence-electron chi connectivity index (χ2n) is 4.50. The van der Waals surface area contributed by atoms with Crippen molar-refractivity contribution in [1.82, 2.24) is 0 Å². The molecule has 0 heteroatoms. The van der Waals surface area contributed by atoms with Crippen molar-refractivity contribution in [3.05, 3.63) is 36.0 Å². The maximum atomic E-state index is 3.76. The number of fused-ring (bicyclic) bond motifs is 1. The first-order valence-electron chi connectivity index (χ1n) is 5.90. The van der Waals surface area contributed by atoms with Crippen LogP contribution in [0.15, 0.2) is 36.0 Å². The van der Waals surface area contributed by atoms with Crippen LogP contribution in [0.4, 0.5) is 0 Å². The van der Waals surface area contributed by atoms with Gasteiger partial charge in [0, 0.05) is 0 Å². The van der Waals surface area contributed by atoms with E-state index in [-0.39, 0.29) is 0 Å². The van der Waals surface area contributed by atoms with E-state index in [0.29, 0.717) is 0 Å². The average Bonchev–Trinajstić information content (AvgIpc) is 2.65. The molecule has 1 atom stereocenters. The molecular weight excluding hydrogens is 168 g/mol. The molecule has 76 valence electrons. The highest BCUT2D eigenvalue weighted by Crippen LogP contribution is 2.38. The fraction of sp³-hybridized carbons (Fsp3) is 0.571. The fourth-order valence-corrected chi connectivity index (χ4v) is 2.62. The van der Waals surface area contributed by atoms with Crippen LogP contribution >= 0.6 is 0 Å². The van der Waals surface area contributed by atoms with Gasteiger partial charge in [0.25, 0.3) is 0 Å². The van der Waals surface area contributed by atoms with E-state index in [1.54, 1.807) is 11.1 Å². The van der Waals surface area contributed by atoms with Crippen molar-refractivity contribution >= 4 is 0 Å². The molecule has 0 radical (unpaired) electrons. The average molecular weight is 188 g/mol.